The molecule has 0 heterocycles. The molecule has 0 saturated carbocycles. The molecule has 0 amide bonds. The maximum absolute atomic E-state index is 2.28. The van der Waals surface area contributed by atoms with Gasteiger partial charge in [-0.05, 0) is 25.7 Å². The topological polar surface area (TPSA) is 0 Å². The highest BCUT2D eigenvalue weighted by molar-refractivity contribution is 4.83. The molecule has 0 radical (unpaired) electrons. The first-order valence-corrected chi connectivity index (χ1v) is 5.47. The minimum Gasteiger partial charge on any atom is -0.0914 e. The van der Waals surface area contributed by atoms with Crippen LogP contribution in [-0.4, -0.2) is 0 Å². The average Bonchev–Trinajstić information content (AvgIpc) is 2.20. The van der Waals surface area contributed by atoms with Crippen molar-refractivity contribution in [3.05, 3.63) is 12.2 Å². The fraction of sp³-hybridized carbons (Fsp3) is 0.833. The maximum Gasteiger partial charge on any atom is -0.0239 e. The van der Waals surface area contributed by atoms with E-state index in [1.807, 2.05) is 27.7 Å². The van der Waals surface area contributed by atoms with Gasteiger partial charge < -0.3 is 0 Å². The molecule has 0 aliphatic heterocycles. The summed E-state index contributed by atoms with van der Waals surface area (Å²) in [6.07, 6.45) is 6.97. The highest BCUT2D eigenvalue weighted by atomic mass is 14.0. The molecule has 12 heavy (non-hydrogen) atoms. The van der Waals surface area contributed by atoms with Crippen molar-refractivity contribution in [1.29, 1.82) is 0 Å². The van der Waals surface area contributed by atoms with Gasteiger partial charge in [0.2, 0.25) is 0 Å². The Kier molecular flexibility index (Phi) is 33.1. The molecule has 0 bridgehead atoms. The van der Waals surface area contributed by atoms with Gasteiger partial charge in [-0.2, -0.15) is 0 Å². The first-order valence-electron chi connectivity index (χ1n) is 5.47. The van der Waals surface area contributed by atoms with Crippen LogP contribution < -0.4 is 0 Å². The second-order valence-electron chi connectivity index (χ2n) is 2.10. The van der Waals surface area contributed by atoms with E-state index in [2.05, 4.69) is 32.9 Å². The zero-order chi connectivity index (χ0) is 10.4. The lowest BCUT2D eigenvalue weighted by Gasteiger charge is -2.02. The predicted molar refractivity (Wildman–Crippen MR) is 61.6 cm³/mol. The van der Waals surface area contributed by atoms with Crippen LogP contribution in [0.1, 0.15) is 61.3 Å². The van der Waals surface area contributed by atoms with E-state index in [9.17, 15) is 0 Å². The summed E-state index contributed by atoms with van der Waals surface area (Å²) in [6, 6.07) is 0. The predicted octanol–water partition coefficient (Wildman–Crippen LogP) is 5.05. The number of hydrogen-bond donors (Lipinski definition) is 0. The molecular formula is C12H28. The first-order chi connectivity index (χ1) is 5.85. The van der Waals surface area contributed by atoms with Gasteiger partial charge in [0, 0.05) is 0 Å². The third-order valence-corrected chi connectivity index (χ3v) is 1.51. The second-order valence-corrected chi connectivity index (χ2v) is 2.10. The monoisotopic (exact) mass is 172 g/mol. The van der Waals surface area contributed by atoms with Gasteiger partial charge in [-0.1, -0.05) is 53.7 Å². The summed E-state index contributed by atoms with van der Waals surface area (Å²) < 4.78 is 0. The lowest BCUT2D eigenvalue weighted by Crippen LogP contribution is -1.88. The van der Waals surface area contributed by atoms with E-state index >= 15 is 0 Å². The third kappa shape index (κ3) is 16.4. The molecule has 0 fully saturated rings. The molecule has 0 aromatic carbocycles. The summed E-state index contributed by atoms with van der Waals surface area (Å²) in [4.78, 5) is 0. The Hall–Kier alpha value is -0.260. The number of allylic oxidation sites excluding steroid dienone is 2. The van der Waals surface area contributed by atoms with Gasteiger partial charge in [-0.3, -0.25) is 0 Å². The highest BCUT2D eigenvalue weighted by Crippen LogP contribution is 2.07. The standard InChI is InChI=1S/C8H16.2C2H6/c1-4-7-8(5-2)6-3;2*1-2/h4,7-8H,5-6H2,1-3H3;2*1-2H3/b7-4-;;. The van der Waals surface area contributed by atoms with Crippen LogP contribution in [0.2, 0.25) is 0 Å². The SMILES string of the molecule is C/C=C\C(CC)CC.CC.CC. The lowest BCUT2D eigenvalue weighted by molar-refractivity contribution is 0.605. The van der Waals surface area contributed by atoms with E-state index in [1.54, 1.807) is 0 Å². The van der Waals surface area contributed by atoms with Crippen molar-refractivity contribution < 1.29 is 0 Å². The molecule has 0 spiro atoms. The van der Waals surface area contributed by atoms with Crippen LogP contribution in [0, 0.1) is 5.92 Å². The molecule has 0 aliphatic rings. The van der Waals surface area contributed by atoms with Crippen LogP contribution in [0.5, 0.6) is 0 Å². The molecule has 0 aromatic heterocycles. The molecule has 0 nitrogen and oxygen atoms in total. The minimum atomic E-state index is 0.819. The van der Waals surface area contributed by atoms with Crippen molar-refractivity contribution in [3.8, 4) is 0 Å². The third-order valence-electron chi connectivity index (χ3n) is 1.51. The molecule has 0 unspecified atom stereocenters. The van der Waals surface area contributed by atoms with Crippen molar-refractivity contribution in [2.45, 2.75) is 61.3 Å². The molecule has 0 N–H and O–H groups in total. The Morgan fingerprint density at radius 3 is 1.33 bits per heavy atom. The van der Waals surface area contributed by atoms with Gasteiger partial charge in [-0.15, -0.1) is 0 Å². The Morgan fingerprint density at radius 2 is 1.25 bits per heavy atom. The lowest BCUT2D eigenvalue weighted by atomic mass is 10.0. The summed E-state index contributed by atoms with van der Waals surface area (Å²) >= 11 is 0. The summed E-state index contributed by atoms with van der Waals surface area (Å²) in [7, 11) is 0. The Balaban J connectivity index is -0.000000175. The number of hydrogen-bond acceptors (Lipinski definition) is 0. The van der Waals surface area contributed by atoms with Gasteiger partial charge in [0.25, 0.3) is 0 Å². The molecule has 0 rings (SSSR count). The fourth-order valence-electron chi connectivity index (χ4n) is 0.833. The van der Waals surface area contributed by atoms with Crippen LogP contribution in [0.15, 0.2) is 12.2 Å². The average molecular weight is 172 g/mol. The molecule has 0 atom stereocenters. The van der Waals surface area contributed by atoms with Gasteiger partial charge in [0.1, 0.15) is 0 Å². The quantitative estimate of drug-likeness (QED) is 0.522. The van der Waals surface area contributed by atoms with Crippen molar-refractivity contribution in [2.24, 2.45) is 5.92 Å². The second kappa shape index (κ2) is 22.4. The molecule has 0 saturated heterocycles. The van der Waals surface area contributed by atoms with E-state index in [0.29, 0.717) is 0 Å². The van der Waals surface area contributed by atoms with E-state index in [0.717, 1.165) is 5.92 Å². The smallest absolute Gasteiger partial charge is 0.0239 e. The summed E-state index contributed by atoms with van der Waals surface area (Å²) in [5.74, 6) is 0.819. The first kappa shape index (κ1) is 17.7. The maximum atomic E-state index is 2.28. The molecule has 0 aliphatic carbocycles. The van der Waals surface area contributed by atoms with Gasteiger partial charge in [-0.25, -0.2) is 0 Å². The highest BCUT2D eigenvalue weighted by Gasteiger charge is 1.93. The van der Waals surface area contributed by atoms with Crippen LogP contribution >= 0.6 is 0 Å². The number of rotatable bonds is 3. The largest absolute Gasteiger partial charge is 0.0914 e. The van der Waals surface area contributed by atoms with Gasteiger partial charge >= 0.3 is 0 Å². The van der Waals surface area contributed by atoms with Crippen molar-refractivity contribution in [1.82, 2.24) is 0 Å². The van der Waals surface area contributed by atoms with Gasteiger partial charge in [0.05, 0.1) is 0 Å². The Morgan fingerprint density at radius 1 is 0.917 bits per heavy atom. The summed E-state index contributed by atoms with van der Waals surface area (Å²) in [5, 5.41) is 0. The zero-order valence-corrected chi connectivity index (χ0v) is 10.1. The van der Waals surface area contributed by atoms with E-state index in [1.165, 1.54) is 12.8 Å². The molecule has 0 heteroatoms. The van der Waals surface area contributed by atoms with E-state index in [-0.39, 0.29) is 0 Å². The Bertz CT molecular complexity index is 58.4. The van der Waals surface area contributed by atoms with E-state index in [4.69, 9.17) is 0 Å². The van der Waals surface area contributed by atoms with E-state index < -0.39 is 0 Å². The van der Waals surface area contributed by atoms with Crippen molar-refractivity contribution >= 4 is 0 Å². The van der Waals surface area contributed by atoms with Gasteiger partial charge in [0.15, 0.2) is 0 Å². The summed E-state index contributed by atoms with van der Waals surface area (Å²) in [6.45, 7) is 14.5. The van der Waals surface area contributed by atoms with Crippen LogP contribution in [0.25, 0.3) is 0 Å². The van der Waals surface area contributed by atoms with Crippen LogP contribution in [0.4, 0.5) is 0 Å². The molecule has 0 aromatic rings. The zero-order valence-electron chi connectivity index (χ0n) is 10.1. The molecule has 76 valence electrons. The summed E-state index contributed by atoms with van der Waals surface area (Å²) in [5.41, 5.74) is 0. The van der Waals surface area contributed by atoms with Crippen LogP contribution in [-0.2, 0) is 0 Å². The van der Waals surface area contributed by atoms with Crippen LogP contribution in [0.3, 0.4) is 0 Å². The fourth-order valence-corrected chi connectivity index (χ4v) is 0.833. The van der Waals surface area contributed by atoms with Crippen molar-refractivity contribution in [3.63, 3.8) is 0 Å². The normalized spacial score (nSPS) is 8.67. The minimum absolute atomic E-state index is 0.819. The van der Waals surface area contributed by atoms with Crippen molar-refractivity contribution in [2.75, 3.05) is 0 Å². The Labute approximate surface area is 80.1 Å². The molecular weight excluding hydrogens is 144 g/mol.